The van der Waals surface area contributed by atoms with E-state index in [9.17, 15) is 0 Å². The summed E-state index contributed by atoms with van der Waals surface area (Å²) >= 11 is 3.50. The van der Waals surface area contributed by atoms with Crippen LogP contribution >= 0.6 is 15.9 Å². The van der Waals surface area contributed by atoms with Crippen LogP contribution in [-0.2, 0) is 0 Å². The van der Waals surface area contributed by atoms with Gasteiger partial charge in [0, 0.05) is 4.47 Å². The van der Waals surface area contributed by atoms with Crippen molar-refractivity contribution in [2.45, 2.75) is 19.8 Å². The lowest BCUT2D eigenvalue weighted by Crippen LogP contribution is -1.86. The molecule has 0 amide bonds. The largest absolute Gasteiger partial charge is 0.316 e. The molecular formula is C9H13BrMg. The number of hydrogen-bond acceptors (Lipinski definition) is 0. The summed E-state index contributed by atoms with van der Waals surface area (Å²) in [4.78, 5) is 0. The molecule has 0 unspecified atom stereocenters. The van der Waals surface area contributed by atoms with Gasteiger partial charge in [-0.25, -0.2) is 0 Å². The maximum atomic E-state index is 3.50. The highest BCUT2D eigenvalue weighted by Gasteiger charge is 2.00. The van der Waals surface area contributed by atoms with Gasteiger partial charge in [-0.15, -0.1) is 0 Å². The summed E-state index contributed by atoms with van der Waals surface area (Å²) in [6.45, 7) is 4.39. The summed E-state index contributed by atoms with van der Waals surface area (Å²) in [6, 6.07) is 8.33. The second-order valence-electron chi connectivity index (χ2n) is 2.68. The average molecular weight is 225 g/mol. The van der Waals surface area contributed by atoms with E-state index in [1.165, 1.54) is 10.0 Å². The third kappa shape index (κ3) is 3.14. The van der Waals surface area contributed by atoms with Gasteiger partial charge in [0.15, 0.2) is 0 Å². The van der Waals surface area contributed by atoms with Crippen molar-refractivity contribution in [3.8, 4) is 0 Å². The zero-order valence-electron chi connectivity index (χ0n) is 6.26. The van der Waals surface area contributed by atoms with Crippen LogP contribution in [0, 0.1) is 0 Å². The van der Waals surface area contributed by atoms with Crippen molar-refractivity contribution in [2.24, 2.45) is 0 Å². The van der Waals surface area contributed by atoms with Gasteiger partial charge in [-0.3, -0.25) is 0 Å². The van der Waals surface area contributed by atoms with Crippen molar-refractivity contribution in [1.29, 1.82) is 0 Å². The summed E-state index contributed by atoms with van der Waals surface area (Å²) < 4.78 is 1.21. The van der Waals surface area contributed by atoms with Crippen LogP contribution in [0.25, 0.3) is 0 Å². The van der Waals surface area contributed by atoms with Crippen LogP contribution in [0.5, 0.6) is 0 Å². The smallest absolute Gasteiger partial charge is 0.0619 e. The molecule has 0 aliphatic carbocycles. The first-order valence-electron chi connectivity index (χ1n) is 3.46. The van der Waals surface area contributed by atoms with E-state index >= 15 is 0 Å². The van der Waals surface area contributed by atoms with E-state index in [1.807, 2.05) is 6.07 Å². The second kappa shape index (κ2) is 5.17. The molecule has 0 radical (unpaired) electrons. The number of halogens is 1. The quantitative estimate of drug-likeness (QED) is 0.645. The Morgan fingerprint density at radius 3 is 2.09 bits per heavy atom. The van der Waals surface area contributed by atoms with Gasteiger partial charge in [-0.1, -0.05) is 48.0 Å². The molecular weight excluding hydrogens is 212 g/mol. The van der Waals surface area contributed by atoms with E-state index in [0.29, 0.717) is 5.92 Å². The van der Waals surface area contributed by atoms with E-state index in [2.05, 4.69) is 48.0 Å². The van der Waals surface area contributed by atoms with Crippen LogP contribution in [0.2, 0.25) is 0 Å². The van der Waals surface area contributed by atoms with Gasteiger partial charge in [-0.2, -0.15) is 0 Å². The Labute approximate surface area is 92.7 Å². The minimum Gasteiger partial charge on any atom is -0.0619 e. The van der Waals surface area contributed by atoms with Crippen LogP contribution in [0.1, 0.15) is 25.3 Å². The summed E-state index contributed by atoms with van der Waals surface area (Å²) in [5, 5.41) is 0. The van der Waals surface area contributed by atoms with Crippen LogP contribution < -0.4 is 0 Å². The van der Waals surface area contributed by atoms with E-state index in [0.717, 1.165) is 0 Å². The van der Waals surface area contributed by atoms with Gasteiger partial charge in [-0.05, 0) is 17.5 Å². The SMILES string of the molecule is CC(C)c1ccccc1Br.[MgH2]. The molecule has 0 aliphatic rings. The Bertz CT molecular complexity index is 221. The van der Waals surface area contributed by atoms with Crippen molar-refractivity contribution >= 4 is 39.0 Å². The van der Waals surface area contributed by atoms with E-state index in [1.54, 1.807) is 0 Å². The minimum absolute atomic E-state index is 0. The second-order valence-corrected chi connectivity index (χ2v) is 3.53. The summed E-state index contributed by atoms with van der Waals surface area (Å²) in [6.07, 6.45) is 0. The predicted octanol–water partition coefficient (Wildman–Crippen LogP) is 2.66. The molecule has 0 spiro atoms. The lowest BCUT2D eigenvalue weighted by atomic mass is 10.0. The Kier molecular flexibility index (Phi) is 5.39. The minimum atomic E-state index is 0. The summed E-state index contributed by atoms with van der Waals surface area (Å²) in [5.41, 5.74) is 1.38. The first kappa shape index (κ1) is 11.5. The van der Waals surface area contributed by atoms with Crippen molar-refractivity contribution in [1.82, 2.24) is 0 Å². The first-order valence-corrected chi connectivity index (χ1v) is 4.25. The zero-order valence-corrected chi connectivity index (χ0v) is 7.85. The number of rotatable bonds is 1. The Morgan fingerprint density at radius 1 is 1.18 bits per heavy atom. The molecule has 1 rings (SSSR count). The third-order valence-corrected chi connectivity index (χ3v) is 2.25. The molecule has 0 saturated heterocycles. The maximum Gasteiger partial charge on any atom is 0.316 e. The zero-order chi connectivity index (χ0) is 7.56. The molecule has 0 bridgehead atoms. The van der Waals surface area contributed by atoms with Gasteiger partial charge in [0.1, 0.15) is 0 Å². The highest BCUT2D eigenvalue weighted by Crippen LogP contribution is 2.23. The molecule has 0 aliphatic heterocycles. The molecule has 0 N–H and O–H groups in total. The summed E-state index contributed by atoms with van der Waals surface area (Å²) in [7, 11) is 0. The van der Waals surface area contributed by atoms with Crippen molar-refractivity contribution in [2.75, 3.05) is 0 Å². The molecule has 11 heavy (non-hydrogen) atoms. The third-order valence-electron chi connectivity index (χ3n) is 1.53. The van der Waals surface area contributed by atoms with Gasteiger partial charge < -0.3 is 0 Å². The van der Waals surface area contributed by atoms with Gasteiger partial charge in [0.25, 0.3) is 0 Å². The fraction of sp³-hybridized carbons (Fsp3) is 0.333. The van der Waals surface area contributed by atoms with Crippen LogP contribution in [0.3, 0.4) is 0 Å². The molecule has 0 heterocycles. The van der Waals surface area contributed by atoms with Crippen molar-refractivity contribution < 1.29 is 0 Å². The molecule has 1 aromatic carbocycles. The highest BCUT2D eigenvalue weighted by atomic mass is 79.9. The van der Waals surface area contributed by atoms with E-state index < -0.39 is 0 Å². The molecule has 1 aromatic rings. The normalized spacial score (nSPS) is 9.45. The fourth-order valence-electron chi connectivity index (χ4n) is 0.943. The van der Waals surface area contributed by atoms with Crippen LogP contribution in [-0.4, -0.2) is 23.1 Å². The Morgan fingerprint density at radius 2 is 1.73 bits per heavy atom. The lowest BCUT2D eigenvalue weighted by molar-refractivity contribution is 0.861. The first-order chi connectivity index (χ1) is 4.72. The molecule has 0 saturated carbocycles. The molecule has 0 atom stereocenters. The standard InChI is InChI=1S/C9H11Br.Mg.2H/c1-7(2)8-5-3-4-6-9(8)10;;;/h3-7H,1-2H3;;;. The van der Waals surface area contributed by atoms with Gasteiger partial charge >= 0.3 is 23.1 Å². The van der Waals surface area contributed by atoms with Crippen molar-refractivity contribution in [3.05, 3.63) is 34.3 Å². The monoisotopic (exact) mass is 224 g/mol. The highest BCUT2D eigenvalue weighted by molar-refractivity contribution is 9.10. The molecule has 0 fully saturated rings. The van der Waals surface area contributed by atoms with E-state index in [4.69, 9.17) is 0 Å². The molecule has 0 aromatic heterocycles. The average Bonchev–Trinajstić information content (AvgIpc) is 1.88. The predicted molar refractivity (Wildman–Crippen MR) is 56.8 cm³/mol. The van der Waals surface area contributed by atoms with Gasteiger partial charge in [0.2, 0.25) is 0 Å². The topological polar surface area (TPSA) is 0 Å². The Hall–Kier alpha value is 0.466. The number of hydrogen-bond donors (Lipinski definition) is 0. The number of benzene rings is 1. The molecule has 2 heteroatoms. The molecule has 0 nitrogen and oxygen atoms in total. The fourth-order valence-corrected chi connectivity index (χ4v) is 1.69. The van der Waals surface area contributed by atoms with E-state index in [-0.39, 0.29) is 23.1 Å². The molecule has 58 valence electrons. The maximum absolute atomic E-state index is 3.50. The van der Waals surface area contributed by atoms with Gasteiger partial charge in [0.05, 0.1) is 0 Å². The van der Waals surface area contributed by atoms with Crippen LogP contribution in [0.15, 0.2) is 28.7 Å². The summed E-state index contributed by atoms with van der Waals surface area (Å²) in [5.74, 6) is 0.607. The van der Waals surface area contributed by atoms with Crippen molar-refractivity contribution in [3.63, 3.8) is 0 Å². The Balaban J connectivity index is 0.000001000. The van der Waals surface area contributed by atoms with Crippen LogP contribution in [0.4, 0.5) is 0 Å². The lowest BCUT2D eigenvalue weighted by Gasteiger charge is -2.06.